The highest BCUT2D eigenvalue weighted by atomic mass is 35.5. The molecule has 1 N–H and O–H groups in total. The standard InChI is InChI=1S/C22H19ClN2O/c1-2-25-20-10-6-4-8-17(20)18-14-16(11-12-21(18)25)24-22(26)13-15-7-3-5-9-19(15)23/h3-12,14H,2,13H2,1H3,(H,24,26). The number of hydrogen-bond donors (Lipinski definition) is 1. The van der Waals surface area contributed by atoms with Gasteiger partial charge in [0.25, 0.3) is 0 Å². The van der Waals surface area contributed by atoms with Gasteiger partial charge < -0.3 is 9.88 Å². The molecule has 0 unspecified atom stereocenters. The molecule has 1 heterocycles. The monoisotopic (exact) mass is 362 g/mol. The van der Waals surface area contributed by atoms with Crippen LogP contribution >= 0.6 is 11.6 Å². The quantitative estimate of drug-likeness (QED) is 0.500. The lowest BCUT2D eigenvalue weighted by Crippen LogP contribution is -2.14. The summed E-state index contributed by atoms with van der Waals surface area (Å²) in [5.74, 6) is -0.0725. The fourth-order valence-electron chi connectivity index (χ4n) is 3.49. The van der Waals surface area contributed by atoms with Crippen molar-refractivity contribution >= 4 is 45.0 Å². The summed E-state index contributed by atoms with van der Waals surface area (Å²) >= 11 is 6.15. The normalized spacial score (nSPS) is 11.2. The molecule has 4 heteroatoms. The van der Waals surface area contributed by atoms with Gasteiger partial charge >= 0.3 is 0 Å². The second kappa shape index (κ2) is 6.85. The third-order valence-electron chi connectivity index (χ3n) is 4.68. The lowest BCUT2D eigenvalue weighted by atomic mass is 10.1. The molecule has 0 spiro atoms. The zero-order chi connectivity index (χ0) is 18.1. The van der Waals surface area contributed by atoms with Crippen molar-refractivity contribution in [1.29, 1.82) is 0 Å². The Hall–Kier alpha value is -2.78. The van der Waals surface area contributed by atoms with E-state index >= 15 is 0 Å². The zero-order valence-corrected chi connectivity index (χ0v) is 15.3. The number of aryl methyl sites for hydroxylation is 1. The molecule has 0 radical (unpaired) electrons. The van der Waals surface area contributed by atoms with Crippen molar-refractivity contribution in [3.05, 3.63) is 77.3 Å². The van der Waals surface area contributed by atoms with E-state index in [1.165, 1.54) is 16.4 Å². The SMILES string of the molecule is CCn1c2ccccc2c2cc(NC(=O)Cc3ccccc3Cl)ccc21. The average Bonchev–Trinajstić information content (AvgIpc) is 2.97. The van der Waals surface area contributed by atoms with Crippen LogP contribution in [0.3, 0.4) is 0 Å². The molecule has 0 fully saturated rings. The average molecular weight is 363 g/mol. The predicted molar refractivity (Wildman–Crippen MR) is 109 cm³/mol. The van der Waals surface area contributed by atoms with E-state index in [-0.39, 0.29) is 12.3 Å². The number of anilines is 1. The number of nitrogens with zero attached hydrogens (tertiary/aromatic N) is 1. The van der Waals surface area contributed by atoms with Crippen LogP contribution in [-0.4, -0.2) is 10.5 Å². The zero-order valence-electron chi connectivity index (χ0n) is 14.5. The highest BCUT2D eigenvalue weighted by Crippen LogP contribution is 2.31. The summed E-state index contributed by atoms with van der Waals surface area (Å²) in [7, 11) is 0. The van der Waals surface area contributed by atoms with Crippen molar-refractivity contribution in [1.82, 2.24) is 4.57 Å². The number of carbonyl (C=O) groups excluding carboxylic acids is 1. The molecule has 0 aliphatic heterocycles. The molecule has 0 atom stereocenters. The van der Waals surface area contributed by atoms with E-state index in [9.17, 15) is 4.79 Å². The van der Waals surface area contributed by atoms with Crippen LogP contribution in [0.1, 0.15) is 12.5 Å². The fraction of sp³-hybridized carbons (Fsp3) is 0.136. The Morgan fingerprint density at radius 1 is 0.962 bits per heavy atom. The highest BCUT2D eigenvalue weighted by molar-refractivity contribution is 6.31. The van der Waals surface area contributed by atoms with Gasteiger partial charge in [-0.05, 0) is 42.8 Å². The van der Waals surface area contributed by atoms with Gasteiger partial charge in [0.1, 0.15) is 0 Å². The molecule has 4 aromatic rings. The molecule has 26 heavy (non-hydrogen) atoms. The molecule has 3 aromatic carbocycles. The van der Waals surface area contributed by atoms with Gasteiger partial charge in [-0.3, -0.25) is 4.79 Å². The van der Waals surface area contributed by atoms with Gasteiger partial charge in [0.05, 0.1) is 6.42 Å². The van der Waals surface area contributed by atoms with Crippen LogP contribution in [0, 0.1) is 0 Å². The predicted octanol–water partition coefficient (Wildman–Crippen LogP) is 5.65. The van der Waals surface area contributed by atoms with E-state index in [1.54, 1.807) is 6.07 Å². The number of hydrogen-bond acceptors (Lipinski definition) is 1. The van der Waals surface area contributed by atoms with Gasteiger partial charge in [0, 0.05) is 39.1 Å². The minimum atomic E-state index is -0.0725. The van der Waals surface area contributed by atoms with Crippen LogP contribution in [0.4, 0.5) is 5.69 Å². The van der Waals surface area contributed by atoms with E-state index in [4.69, 9.17) is 11.6 Å². The summed E-state index contributed by atoms with van der Waals surface area (Å²) in [5.41, 5.74) is 4.02. The third-order valence-corrected chi connectivity index (χ3v) is 5.05. The molecule has 0 aliphatic carbocycles. The molecular weight excluding hydrogens is 344 g/mol. The first-order valence-corrected chi connectivity index (χ1v) is 9.09. The smallest absolute Gasteiger partial charge is 0.228 e. The van der Waals surface area contributed by atoms with E-state index in [2.05, 4.69) is 41.1 Å². The summed E-state index contributed by atoms with van der Waals surface area (Å²) in [4.78, 5) is 12.4. The summed E-state index contributed by atoms with van der Waals surface area (Å²) in [5, 5.41) is 5.96. The van der Waals surface area contributed by atoms with Crippen molar-refractivity contribution in [2.75, 3.05) is 5.32 Å². The van der Waals surface area contributed by atoms with Crippen molar-refractivity contribution in [3.63, 3.8) is 0 Å². The second-order valence-corrected chi connectivity index (χ2v) is 6.72. The lowest BCUT2D eigenvalue weighted by Gasteiger charge is -2.08. The molecule has 1 amide bonds. The first kappa shape index (κ1) is 16.7. The molecular formula is C22H19ClN2O. The number of amides is 1. The number of nitrogens with one attached hydrogen (secondary N) is 1. The van der Waals surface area contributed by atoms with Crippen LogP contribution in [-0.2, 0) is 17.8 Å². The number of aromatic nitrogens is 1. The molecule has 0 bridgehead atoms. The molecule has 0 aliphatic rings. The Labute approximate surface area is 157 Å². The number of carbonyl (C=O) groups is 1. The maximum Gasteiger partial charge on any atom is 0.228 e. The van der Waals surface area contributed by atoms with Crippen molar-refractivity contribution in [2.45, 2.75) is 19.9 Å². The number of rotatable bonds is 4. The maximum atomic E-state index is 12.4. The summed E-state index contributed by atoms with van der Waals surface area (Å²) < 4.78 is 2.29. The van der Waals surface area contributed by atoms with Gasteiger partial charge in [-0.2, -0.15) is 0 Å². The summed E-state index contributed by atoms with van der Waals surface area (Å²) in [6, 6.07) is 21.9. The fourth-order valence-corrected chi connectivity index (χ4v) is 3.69. The number of benzene rings is 3. The van der Waals surface area contributed by atoms with E-state index in [0.29, 0.717) is 5.02 Å². The van der Waals surface area contributed by atoms with Gasteiger partial charge in [-0.1, -0.05) is 48.0 Å². The lowest BCUT2D eigenvalue weighted by molar-refractivity contribution is -0.115. The topological polar surface area (TPSA) is 34.0 Å². The molecule has 0 saturated heterocycles. The Morgan fingerprint density at radius 3 is 2.50 bits per heavy atom. The molecule has 3 nitrogen and oxygen atoms in total. The van der Waals surface area contributed by atoms with Crippen molar-refractivity contribution in [2.24, 2.45) is 0 Å². The summed E-state index contributed by atoms with van der Waals surface area (Å²) in [6.07, 6.45) is 0.258. The molecule has 1 aromatic heterocycles. The summed E-state index contributed by atoms with van der Waals surface area (Å²) in [6.45, 7) is 3.05. The van der Waals surface area contributed by atoms with E-state index in [0.717, 1.165) is 23.2 Å². The molecule has 4 rings (SSSR count). The minimum Gasteiger partial charge on any atom is -0.341 e. The maximum absolute atomic E-state index is 12.4. The van der Waals surface area contributed by atoms with Gasteiger partial charge in [0.15, 0.2) is 0 Å². The van der Waals surface area contributed by atoms with Crippen molar-refractivity contribution in [3.8, 4) is 0 Å². The Balaban J connectivity index is 1.66. The van der Waals surface area contributed by atoms with Gasteiger partial charge in [-0.25, -0.2) is 0 Å². The Morgan fingerprint density at radius 2 is 1.69 bits per heavy atom. The number of para-hydroxylation sites is 1. The Kier molecular flexibility index (Phi) is 4.39. The first-order chi connectivity index (χ1) is 12.7. The first-order valence-electron chi connectivity index (χ1n) is 8.71. The molecule has 0 saturated carbocycles. The van der Waals surface area contributed by atoms with Crippen LogP contribution in [0.25, 0.3) is 21.8 Å². The van der Waals surface area contributed by atoms with Crippen LogP contribution < -0.4 is 5.32 Å². The Bertz CT molecular complexity index is 1110. The minimum absolute atomic E-state index is 0.0725. The number of halogens is 1. The van der Waals surface area contributed by atoms with Gasteiger partial charge in [0.2, 0.25) is 5.91 Å². The van der Waals surface area contributed by atoms with Crippen LogP contribution in [0.5, 0.6) is 0 Å². The van der Waals surface area contributed by atoms with Gasteiger partial charge in [-0.15, -0.1) is 0 Å². The third kappa shape index (κ3) is 2.95. The van der Waals surface area contributed by atoms with Crippen LogP contribution in [0.2, 0.25) is 5.02 Å². The van der Waals surface area contributed by atoms with E-state index < -0.39 is 0 Å². The molecule has 130 valence electrons. The van der Waals surface area contributed by atoms with Crippen LogP contribution in [0.15, 0.2) is 66.7 Å². The van der Waals surface area contributed by atoms with E-state index in [1.807, 2.05) is 36.4 Å². The second-order valence-electron chi connectivity index (χ2n) is 6.31. The highest BCUT2D eigenvalue weighted by Gasteiger charge is 2.11. The number of fused-ring (bicyclic) bond motifs is 3. The largest absolute Gasteiger partial charge is 0.341 e. The van der Waals surface area contributed by atoms with Crippen molar-refractivity contribution < 1.29 is 4.79 Å².